The van der Waals surface area contributed by atoms with Crippen LogP contribution in [0.15, 0.2) is 59.7 Å². The predicted octanol–water partition coefficient (Wildman–Crippen LogP) is 2.67. The fourth-order valence-electron chi connectivity index (χ4n) is 3.40. The first kappa shape index (κ1) is 20.8. The smallest absolute Gasteiger partial charge is 0.259 e. The molecule has 1 aliphatic rings. The Morgan fingerprint density at radius 1 is 1.14 bits per heavy atom. The van der Waals surface area contributed by atoms with E-state index in [-0.39, 0.29) is 18.5 Å². The van der Waals surface area contributed by atoms with Crippen molar-refractivity contribution in [1.82, 2.24) is 10.3 Å². The Labute approximate surface area is 171 Å². The number of para-hydroxylation sites is 2. The van der Waals surface area contributed by atoms with E-state index < -0.39 is 0 Å². The van der Waals surface area contributed by atoms with Gasteiger partial charge in [-0.2, -0.15) is 5.10 Å². The average Bonchev–Trinajstić information content (AvgIpc) is 2.78. The molecule has 1 fully saturated rings. The minimum Gasteiger partial charge on any atom is -0.495 e. The molecule has 1 atom stereocenters. The van der Waals surface area contributed by atoms with Gasteiger partial charge in [-0.05, 0) is 24.6 Å². The first-order chi connectivity index (χ1) is 14.2. The second-order valence-corrected chi connectivity index (χ2v) is 6.80. The first-order valence-corrected chi connectivity index (χ1v) is 9.75. The van der Waals surface area contributed by atoms with Crippen LogP contribution in [-0.2, 0) is 9.53 Å². The van der Waals surface area contributed by atoms with Gasteiger partial charge in [-0.15, -0.1) is 0 Å². The number of rotatable bonds is 8. The van der Waals surface area contributed by atoms with E-state index in [2.05, 4.69) is 32.9 Å². The number of carbonyl (C=O) groups is 1. The lowest BCUT2D eigenvalue weighted by atomic mass is 10.0. The number of morpholine rings is 1. The summed E-state index contributed by atoms with van der Waals surface area (Å²) < 4.78 is 10.8. The molecule has 2 N–H and O–H groups in total. The van der Waals surface area contributed by atoms with Crippen LogP contribution in [0.25, 0.3) is 0 Å². The van der Waals surface area contributed by atoms with Gasteiger partial charge in [0, 0.05) is 13.1 Å². The van der Waals surface area contributed by atoms with E-state index in [4.69, 9.17) is 9.47 Å². The molecule has 7 nitrogen and oxygen atoms in total. The van der Waals surface area contributed by atoms with Crippen LogP contribution in [0.3, 0.4) is 0 Å². The molecule has 1 heterocycles. The third kappa shape index (κ3) is 5.79. The number of hydrazone groups is 1. The summed E-state index contributed by atoms with van der Waals surface area (Å²) >= 11 is 0. The predicted molar refractivity (Wildman–Crippen MR) is 114 cm³/mol. The van der Waals surface area contributed by atoms with Crippen LogP contribution in [0.2, 0.25) is 0 Å². The van der Waals surface area contributed by atoms with Crippen molar-refractivity contribution in [2.24, 2.45) is 5.10 Å². The van der Waals surface area contributed by atoms with Crippen molar-refractivity contribution < 1.29 is 14.3 Å². The van der Waals surface area contributed by atoms with Gasteiger partial charge in [-0.1, -0.05) is 42.5 Å². The number of amides is 1. The third-order valence-electron chi connectivity index (χ3n) is 4.83. The quantitative estimate of drug-likeness (QED) is 0.530. The molecule has 3 rings (SSSR count). The van der Waals surface area contributed by atoms with E-state index in [0.29, 0.717) is 19.0 Å². The summed E-state index contributed by atoms with van der Waals surface area (Å²) in [6.07, 6.45) is 0. The van der Waals surface area contributed by atoms with E-state index in [1.165, 1.54) is 0 Å². The van der Waals surface area contributed by atoms with E-state index in [0.717, 1.165) is 30.1 Å². The Kier molecular flexibility index (Phi) is 7.61. The SMILES string of the molecule is COc1ccccc1NCC(=O)N/N=C(/C)[C@@H](c1ccccc1)N1CCOCC1. The van der Waals surface area contributed by atoms with Crippen molar-refractivity contribution in [3.63, 3.8) is 0 Å². The normalized spacial score (nSPS) is 16.1. The number of hydrogen-bond donors (Lipinski definition) is 2. The van der Waals surface area contributed by atoms with Crippen LogP contribution < -0.4 is 15.5 Å². The third-order valence-corrected chi connectivity index (χ3v) is 4.83. The van der Waals surface area contributed by atoms with Gasteiger partial charge in [-0.3, -0.25) is 9.69 Å². The molecule has 1 saturated heterocycles. The molecule has 0 unspecified atom stereocenters. The van der Waals surface area contributed by atoms with E-state index in [1.807, 2.05) is 49.4 Å². The minimum absolute atomic E-state index is 0.00239. The molecule has 154 valence electrons. The topological polar surface area (TPSA) is 75.2 Å². The number of carbonyl (C=O) groups excluding carboxylic acids is 1. The highest BCUT2D eigenvalue weighted by Crippen LogP contribution is 2.24. The molecule has 2 aromatic carbocycles. The molecule has 0 bridgehead atoms. The number of nitrogens with one attached hydrogen (secondary N) is 2. The van der Waals surface area contributed by atoms with Crippen molar-refractivity contribution in [3.05, 3.63) is 60.2 Å². The summed E-state index contributed by atoms with van der Waals surface area (Å²) in [6.45, 7) is 5.11. The molecule has 0 aromatic heterocycles. The highest BCUT2D eigenvalue weighted by molar-refractivity contribution is 5.90. The zero-order chi connectivity index (χ0) is 20.5. The molecule has 0 radical (unpaired) electrons. The second-order valence-electron chi connectivity index (χ2n) is 6.80. The Morgan fingerprint density at radius 3 is 2.55 bits per heavy atom. The maximum absolute atomic E-state index is 12.3. The highest BCUT2D eigenvalue weighted by atomic mass is 16.5. The van der Waals surface area contributed by atoms with Crippen LogP contribution in [0.4, 0.5) is 5.69 Å². The lowest BCUT2D eigenvalue weighted by Gasteiger charge is -2.34. The van der Waals surface area contributed by atoms with Gasteiger partial charge >= 0.3 is 0 Å². The molecular weight excluding hydrogens is 368 g/mol. The van der Waals surface area contributed by atoms with E-state index in [9.17, 15) is 4.79 Å². The van der Waals surface area contributed by atoms with Gasteiger partial charge in [0.1, 0.15) is 5.75 Å². The number of methoxy groups -OCH3 is 1. The Balaban J connectivity index is 1.64. The molecule has 2 aromatic rings. The summed E-state index contributed by atoms with van der Waals surface area (Å²) in [5.74, 6) is 0.473. The number of ether oxygens (including phenoxy) is 2. The summed E-state index contributed by atoms with van der Waals surface area (Å²) in [5, 5.41) is 7.47. The van der Waals surface area contributed by atoms with Gasteiger partial charge in [0.25, 0.3) is 5.91 Å². The summed E-state index contributed by atoms with van der Waals surface area (Å²) in [7, 11) is 1.60. The number of hydrogen-bond acceptors (Lipinski definition) is 6. The fraction of sp³-hybridized carbons (Fsp3) is 0.364. The lowest BCUT2D eigenvalue weighted by Crippen LogP contribution is -2.42. The maximum Gasteiger partial charge on any atom is 0.259 e. The molecule has 7 heteroatoms. The lowest BCUT2D eigenvalue weighted by molar-refractivity contribution is -0.119. The zero-order valence-corrected chi connectivity index (χ0v) is 16.9. The Hall–Kier alpha value is -2.90. The van der Waals surface area contributed by atoms with E-state index >= 15 is 0 Å². The number of nitrogens with zero attached hydrogens (tertiary/aromatic N) is 2. The molecule has 1 amide bonds. The standard InChI is InChI=1S/C22H28N4O3/c1-17(22(18-8-4-3-5-9-18)26-12-14-29-15-13-26)24-25-21(27)16-23-19-10-6-7-11-20(19)28-2/h3-11,22-23H,12-16H2,1-2H3,(H,25,27)/b24-17-/t22-/m0/s1. The first-order valence-electron chi connectivity index (χ1n) is 9.75. The molecule has 0 spiro atoms. The Bertz CT molecular complexity index is 820. The zero-order valence-electron chi connectivity index (χ0n) is 16.9. The molecular formula is C22H28N4O3. The minimum atomic E-state index is -0.218. The molecule has 0 aliphatic carbocycles. The summed E-state index contributed by atoms with van der Waals surface area (Å²) in [6, 6.07) is 17.7. The second kappa shape index (κ2) is 10.6. The van der Waals surface area contributed by atoms with Crippen LogP contribution in [0.1, 0.15) is 18.5 Å². The van der Waals surface area contributed by atoms with Crippen LogP contribution in [-0.4, -0.2) is 56.5 Å². The monoisotopic (exact) mass is 396 g/mol. The van der Waals surface area contributed by atoms with Crippen LogP contribution in [0, 0.1) is 0 Å². The van der Waals surface area contributed by atoms with Gasteiger partial charge in [-0.25, -0.2) is 5.43 Å². The summed E-state index contributed by atoms with van der Waals surface area (Å²) in [4.78, 5) is 14.6. The highest BCUT2D eigenvalue weighted by Gasteiger charge is 2.25. The molecule has 1 aliphatic heterocycles. The largest absolute Gasteiger partial charge is 0.495 e. The van der Waals surface area contributed by atoms with E-state index in [1.54, 1.807) is 7.11 Å². The van der Waals surface area contributed by atoms with Crippen molar-refractivity contribution >= 4 is 17.3 Å². The van der Waals surface area contributed by atoms with Crippen molar-refractivity contribution in [2.75, 3.05) is 45.3 Å². The number of anilines is 1. The molecule has 29 heavy (non-hydrogen) atoms. The van der Waals surface area contributed by atoms with Crippen LogP contribution in [0.5, 0.6) is 5.75 Å². The van der Waals surface area contributed by atoms with Gasteiger partial charge in [0.2, 0.25) is 0 Å². The van der Waals surface area contributed by atoms with Gasteiger partial charge < -0.3 is 14.8 Å². The van der Waals surface area contributed by atoms with Crippen molar-refractivity contribution in [1.29, 1.82) is 0 Å². The average molecular weight is 396 g/mol. The van der Waals surface area contributed by atoms with Crippen LogP contribution >= 0.6 is 0 Å². The van der Waals surface area contributed by atoms with Crippen molar-refractivity contribution in [2.45, 2.75) is 13.0 Å². The maximum atomic E-state index is 12.3. The van der Waals surface area contributed by atoms with Crippen molar-refractivity contribution in [3.8, 4) is 5.75 Å². The molecule has 0 saturated carbocycles. The number of benzene rings is 2. The summed E-state index contributed by atoms with van der Waals surface area (Å²) in [5.41, 5.74) is 5.42. The fourth-order valence-corrected chi connectivity index (χ4v) is 3.40. The Morgan fingerprint density at radius 2 is 1.83 bits per heavy atom. The van der Waals surface area contributed by atoms with Gasteiger partial charge in [0.05, 0.1) is 44.3 Å². The van der Waals surface area contributed by atoms with Gasteiger partial charge in [0.15, 0.2) is 0 Å².